The zero-order valence-corrected chi connectivity index (χ0v) is 13.3. The quantitative estimate of drug-likeness (QED) is 0.370. The molecule has 0 heterocycles. The molecule has 0 saturated carbocycles. The summed E-state index contributed by atoms with van der Waals surface area (Å²) in [4.78, 5) is 22.6. The van der Waals surface area contributed by atoms with E-state index in [1.54, 1.807) is 13.0 Å². The molecule has 2 N–H and O–H groups in total. The Hall–Kier alpha value is -3.09. The molecule has 0 saturated heterocycles. The number of methoxy groups -OCH3 is 1. The normalized spacial score (nSPS) is 15.3. The predicted octanol–water partition coefficient (Wildman–Crippen LogP) is 2.04. The lowest BCUT2D eigenvalue weighted by atomic mass is 10.0. The van der Waals surface area contributed by atoms with E-state index in [1.807, 2.05) is 0 Å². The number of ether oxygens (including phenoxy) is 2. The Morgan fingerprint density at radius 2 is 2.04 bits per heavy atom. The van der Waals surface area contributed by atoms with Gasteiger partial charge in [0, 0.05) is 18.6 Å². The largest absolute Gasteiger partial charge is 0.508 e. The highest BCUT2D eigenvalue weighted by molar-refractivity contribution is 6.18. The first kappa shape index (κ1) is 17.3. The number of nitrogens with zero attached hydrogens (tertiary/aromatic N) is 1. The molecular weight excluding hydrogens is 314 g/mol. The van der Waals surface area contributed by atoms with E-state index in [0.717, 1.165) is 0 Å². The third-order valence-corrected chi connectivity index (χ3v) is 3.46. The van der Waals surface area contributed by atoms with Crippen LogP contribution in [0.4, 0.5) is 0 Å². The van der Waals surface area contributed by atoms with Crippen LogP contribution in [-0.4, -0.2) is 34.9 Å². The maximum atomic E-state index is 11.4. The monoisotopic (exact) mass is 331 g/mol. The Labute approximate surface area is 138 Å². The number of benzene rings is 1. The molecule has 0 aliphatic heterocycles. The van der Waals surface area contributed by atoms with Gasteiger partial charge in [0.15, 0.2) is 11.5 Å². The number of hydrogen-bond donors (Lipinski definition) is 2. The van der Waals surface area contributed by atoms with E-state index in [9.17, 15) is 14.7 Å². The van der Waals surface area contributed by atoms with Crippen molar-refractivity contribution in [1.29, 1.82) is 0 Å². The SMILES string of the molecule is COC(=O)CCc1cc(C)c(OC2=CC(=O)C=C/C2=N\O)cc1O. The second-order valence-corrected chi connectivity index (χ2v) is 5.15. The summed E-state index contributed by atoms with van der Waals surface area (Å²) >= 11 is 0. The molecule has 1 aliphatic rings. The van der Waals surface area contributed by atoms with Crippen molar-refractivity contribution >= 4 is 17.5 Å². The minimum Gasteiger partial charge on any atom is -0.508 e. The number of aryl methyl sites for hydroxylation is 2. The van der Waals surface area contributed by atoms with Crippen LogP contribution in [0.2, 0.25) is 0 Å². The molecule has 1 aromatic rings. The summed E-state index contributed by atoms with van der Waals surface area (Å²) in [6.45, 7) is 1.76. The highest BCUT2D eigenvalue weighted by atomic mass is 16.5. The van der Waals surface area contributed by atoms with Crippen LogP contribution in [0.15, 0.2) is 41.3 Å². The Morgan fingerprint density at radius 3 is 2.71 bits per heavy atom. The van der Waals surface area contributed by atoms with Gasteiger partial charge in [-0.3, -0.25) is 9.59 Å². The van der Waals surface area contributed by atoms with Crippen LogP contribution in [-0.2, 0) is 20.7 Å². The van der Waals surface area contributed by atoms with Gasteiger partial charge >= 0.3 is 5.97 Å². The standard InChI is InChI=1S/C17H17NO6/c1-10-7-11(3-6-17(21)23-2)14(20)9-15(10)24-16-8-12(19)4-5-13(16)18-22/h4-5,7-9,20,22H,3,6H2,1-2H3/b18-13+. The van der Waals surface area contributed by atoms with Crippen molar-refractivity contribution < 1.29 is 29.4 Å². The van der Waals surface area contributed by atoms with Gasteiger partial charge in [0.05, 0.1) is 7.11 Å². The first-order chi connectivity index (χ1) is 11.4. The van der Waals surface area contributed by atoms with Gasteiger partial charge in [-0.1, -0.05) is 5.16 Å². The lowest BCUT2D eigenvalue weighted by Gasteiger charge is -2.15. The molecule has 2 rings (SSSR count). The van der Waals surface area contributed by atoms with Gasteiger partial charge in [-0.05, 0) is 42.7 Å². The van der Waals surface area contributed by atoms with E-state index in [2.05, 4.69) is 9.89 Å². The smallest absolute Gasteiger partial charge is 0.305 e. The van der Waals surface area contributed by atoms with Crippen molar-refractivity contribution in [2.75, 3.05) is 7.11 Å². The fraction of sp³-hybridized carbons (Fsp3) is 0.235. The molecule has 0 bridgehead atoms. The van der Waals surface area contributed by atoms with Crippen molar-refractivity contribution in [1.82, 2.24) is 0 Å². The summed E-state index contributed by atoms with van der Waals surface area (Å²) < 4.78 is 10.2. The van der Waals surface area contributed by atoms with Gasteiger partial charge in [-0.25, -0.2) is 0 Å². The lowest BCUT2D eigenvalue weighted by Crippen LogP contribution is -2.13. The van der Waals surface area contributed by atoms with E-state index in [4.69, 9.17) is 9.94 Å². The highest BCUT2D eigenvalue weighted by Crippen LogP contribution is 2.30. The molecule has 0 amide bonds. The molecule has 0 spiro atoms. The van der Waals surface area contributed by atoms with Crippen LogP contribution in [0.3, 0.4) is 0 Å². The summed E-state index contributed by atoms with van der Waals surface area (Å²) in [6, 6.07) is 3.07. The number of carbonyl (C=O) groups excluding carboxylic acids is 2. The number of hydrogen-bond acceptors (Lipinski definition) is 7. The molecule has 0 unspecified atom stereocenters. The highest BCUT2D eigenvalue weighted by Gasteiger charge is 2.17. The topological polar surface area (TPSA) is 105 Å². The van der Waals surface area contributed by atoms with Crippen LogP contribution in [0, 0.1) is 6.92 Å². The average molecular weight is 331 g/mol. The van der Waals surface area contributed by atoms with Crippen molar-refractivity contribution in [3.63, 3.8) is 0 Å². The molecule has 0 aromatic heterocycles. The summed E-state index contributed by atoms with van der Waals surface area (Å²) in [5, 5.41) is 22.1. The minimum absolute atomic E-state index is 0.0414. The van der Waals surface area contributed by atoms with Crippen LogP contribution in [0.1, 0.15) is 17.5 Å². The second kappa shape index (κ2) is 7.45. The van der Waals surface area contributed by atoms with E-state index in [1.165, 1.54) is 31.4 Å². The van der Waals surface area contributed by atoms with Crippen LogP contribution in [0.5, 0.6) is 11.5 Å². The fourth-order valence-corrected chi connectivity index (χ4v) is 2.16. The Bertz CT molecular complexity index is 761. The molecule has 1 aromatic carbocycles. The van der Waals surface area contributed by atoms with Gasteiger partial charge in [-0.2, -0.15) is 0 Å². The van der Waals surface area contributed by atoms with Gasteiger partial charge < -0.3 is 19.8 Å². The molecule has 1 aliphatic carbocycles. The Balaban J connectivity index is 2.21. The molecule has 126 valence electrons. The molecular formula is C17H17NO6. The van der Waals surface area contributed by atoms with E-state index in [0.29, 0.717) is 23.3 Å². The lowest BCUT2D eigenvalue weighted by molar-refractivity contribution is -0.140. The average Bonchev–Trinajstić information content (AvgIpc) is 2.56. The van der Waals surface area contributed by atoms with Gasteiger partial charge in [0.2, 0.25) is 0 Å². The fourth-order valence-electron chi connectivity index (χ4n) is 2.16. The zero-order valence-electron chi connectivity index (χ0n) is 13.3. The predicted molar refractivity (Wildman–Crippen MR) is 85.3 cm³/mol. The number of esters is 1. The zero-order chi connectivity index (χ0) is 17.7. The number of aromatic hydroxyl groups is 1. The molecule has 7 nitrogen and oxygen atoms in total. The third-order valence-electron chi connectivity index (χ3n) is 3.46. The third kappa shape index (κ3) is 4.01. The van der Waals surface area contributed by atoms with Crippen molar-refractivity contribution in [2.45, 2.75) is 19.8 Å². The minimum atomic E-state index is -0.367. The number of oxime groups is 1. The Kier molecular flexibility index (Phi) is 5.36. The van der Waals surface area contributed by atoms with Crippen molar-refractivity contribution in [3.8, 4) is 11.5 Å². The van der Waals surface area contributed by atoms with Crippen molar-refractivity contribution in [2.24, 2.45) is 5.16 Å². The number of phenolic OH excluding ortho intramolecular Hbond substituents is 1. The second-order valence-electron chi connectivity index (χ2n) is 5.15. The first-order valence-corrected chi connectivity index (χ1v) is 7.18. The van der Waals surface area contributed by atoms with E-state index in [-0.39, 0.29) is 35.4 Å². The summed E-state index contributed by atoms with van der Waals surface area (Å²) in [5.41, 5.74) is 1.37. The molecule has 7 heteroatoms. The number of carbonyl (C=O) groups is 2. The summed E-state index contributed by atoms with van der Waals surface area (Å²) in [7, 11) is 1.30. The summed E-state index contributed by atoms with van der Waals surface area (Å²) in [6.07, 6.45) is 4.25. The number of rotatable bonds is 5. The van der Waals surface area contributed by atoms with Gasteiger partial charge in [0.1, 0.15) is 17.2 Å². The first-order valence-electron chi connectivity index (χ1n) is 7.18. The van der Waals surface area contributed by atoms with Gasteiger partial charge in [-0.15, -0.1) is 0 Å². The maximum absolute atomic E-state index is 11.4. The van der Waals surface area contributed by atoms with Crippen LogP contribution in [0.25, 0.3) is 0 Å². The molecule has 0 fully saturated rings. The van der Waals surface area contributed by atoms with E-state index < -0.39 is 0 Å². The van der Waals surface area contributed by atoms with E-state index >= 15 is 0 Å². The number of phenols is 1. The Morgan fingerprint density at radius 1 is 1.29 bits per heavy atom. The number of allylic oxidation sites excluding steroid dienone is 3. The maximum Gasteiger partial charge on any atom is 0.305 e. The molecule has 0 atom stereocenters. The van der Waals surface area contributed by atoms with Crippen LogP contribution < -0.4 is 4.74 Å². The van der Waals surface area contributed by atoms with Crippen LogP contribution >= 0.6 is 0 Å². The summed E-state index contributed by atoms with van der Waals surface area (Å²) in [5.74, 6) is -0.317. The number of ketones is 1. The molecule has 24 heavy (non-hydrogen) atoms. The molecule has 0 radical (unpaired) electrons. The van der Waals surface area contributed by atoms with Gasteiger partial charge in [0.25, 0.3) is 0 Å². The van der Waals surface area contributed by atoms with Crippen molar-refractivity contribution in [3.05, 3.63) is 47.2 Å².